The number of nitrogens with zero attached hydrogens (tertiary/aromatic N) is 3. The molecule has 0 N–H and O–H groups in total. The fourth-order valence-electron chi connectivity index (χ4n) is 10.8. The molecule has 3 nitrogen and oxygen atoms in total. The number of aryl methyl sites for hydroxylation is 1. The molecule has 0 heterocycles. The van der Waals surface area contributed by atoms with Gasteiger partial charge in [0.25, 0.3) is 0 Å². The lowest BCUT2D eigenvalue weighted by atomic mass is 9.87. The molecule has 0 fully saturated rings. The summed E-state index contributed by atoms with van der Waals surface area (Å²) in [5.74, 6) is 0.383. The van der Waals surface area contributed by atoms with Crippen molar-refractivity contribution >= 4 is 72.7 Å². The Kier molecular flexibility index (Phi) is 13.5. The van der Waals surface area contributed by atoms with E-state index in [0.717, 1.165) is 81.6 Å². The number of benzene rings is 12. The summed E-state index contributed by atoms with van der Waals surface area (Å²) in [4.78, 5) is 7.11. The molecular formula is C72H57N3. The summed E-state index contributed by atoms with van der Waals surface area (Å²) in [5.41, 5.74) is 16.4. The Hall–Kier alpha value is -9.44. The third kappa shape index (κ3) is 10.2. The summed E-state index contributed by atoms with van der Waals surface area (Å²) in [6.45, 7) is 0. The van der Waals surface area contributed by atoms with Crippen molar-refractivity contribution in [3.63, 3.8) is 0 Å². The molecule has 12 aromatic rings. The van der Waals surface area contributed by atoms with Crippen LogP contribution >= 0.6 is 0 Å². The zero-order chi connectivity index (χ0) is 50.2. The Morgan fingerprint density at radius 3 is 1.04 bits per heavy atom. The second-order valence-corrected chi connectivity index (χ2v) is 19.3. The highest BCUT2D eigenvalue weighted by molar-refractivity contribution is 6.00. The lowest BCUT2D eigenvalue weighted by Gasteiger charge is -2.29. The molecule has 360 valence electrons. The van der Waals surface area contributed by atoms with E-state index in [1.54, 1.807) is 0 Å². The molecule has 1 atom stereocenters. The molecule has 0 aliphatic rings. The Morgan fingerprint density at radius 2 is 0.587 bits per heavy atom. The van der Waals surface area contributed by atoms with Crippen molar-refractivity contribution in [2.45, 2.75) is 25.2 Å². The molecule has 1 unspecified atom stereocenters. The molecule has 3 heteroatoms. The second-order valence-electron chi connectivity index (χ2n) is 19.3. The van der Waals surface area contributed by atoms with Crippen LogP contribution in [0.25, 0.3) is 32.7 Å². The average Bonchev–Trinajstić information content (AvgIpc) is 3.49. The van der Waals surface area contributed by atoms with Gasteiger partial charge < -0.3 is 14.7 Å². The van der Waals surface area contributed by atoms with Gasteiger partial charge in [-0.2, -0.15) is 0 Å². The van der Waals surface area contributed by atoms with Gasteiger partial charge in [-0.1, -0.05) is 206 Å². The van der Waals surface area contributed by atoms with Crippen LogP contribution in [0.5, 0.6) is 0 Å². The highest BCUT2D eigenvalue weighted by Crippen LogP contribution is 2.44. The van der Waals surface area contributed by atoms with E-state index in [1.807, 2.05) is 0 Å². The fraction of sp³-hybridized carbons (Fsp3) is 0.0556. The van der Waals surface area contributed by atoms with Crippen molar-refractivity contribution in [1.29, 1.82) is 0 Å². The maximum atomic E-state index is 2.42. The highest BCUT2D eigenvalue weighted by atomic mass is 15.2. The van der Waals surface area contributed by atoms with Crippen molar-refractivity contribution < 1.29 is 0 Å². The summed E-state index contributed by atoms with van der Waals surface area (Å²) in [6.07, 6.45) is 3.11. The van der Waals surface area contributed by atoms with Gasteiger partial charge in [0.1, 0.15) is 0 Å². The van der Waals surface area contributed by atoms with Crippen LogP contribution in [0.2, 0.25) is 0 Å². The van der Waals surface area contributed by atoms with Crippen LogP contribution in [-0.2, 0) is 12.8 Å². The minimum absolute atomic E-state index is 0.383. The summed E-state index contributed by atoms with van der Waals surface area (Å²) in [6, 6.07) is 110. The van der Waals surface area contributed by atoms with Crippen molar-refractivity contribution in [2.24, 2.45) is 0 Å². The van der Waals surface area contributed by atoms with E-state index in [4.69, 9.17) is 0 Å². The van der Waals surface area contributed by atoms with Crippen LogP contribution in [0, 0.1) is 0 Å². The Labute approximate surface area is 441 Å². The van der Waals surface area contributed by atoms with Crippen LogP contribution in [0.3, 0.4) is 0 Å². The molecule has 75 heavy (non-hydrogen) atoms. The Morgan fingerprint density at radius 1 is 0.253 bits per heavy atom. The average molecular weight is 964 g/mol. The maximum absolute atomic E-state index is 2.42. The second kappa shape index (κ2) is 21.7. The number of hydrogen-bond acceptors (Lipinski definition) is 3. The molecule has 0 saturated heterocycles. The van der Waals surface area contributed by atoms with E-state index in [2.05, 4.69) is 318 Å². The topological polar surface area (TPSA) is 9.72 Å². The van der Waals surface area contributed by atoms with Gasteiger partial charge in [-0.25, -0.2) is 0 Å². The lowest BCUT2D eigenvalue weighted by Crippen LogP contribution is -2.12. The van der Waals surface area contributed by atoms with Crippen LogP contribution in [0.4, 0.5) is 51.2 Å². The number of para-hydroxylation sites is 2. The van der Waals surface area contributed by atoms with E-state index in [1.165, 1.54) is 38.2 Å². The first-order valence-corrected chi connectivity index (χ1v) is 26.1. The van der Waals surface area contributed by atoms with Crippen LogP contribution in [0.1, 0.15) is 29.0 Å². The van der Waals surface area contributed by atoms with Gasteiger partial charge >= 0.3 is 0 Å². The fourth-order valence-corrected chi connectivity index (χ4v) is 10.8. The third-order valence-corrected chi connectivity index (χ3v) is 14.6. The van der Waals surface area contributed by atoms with Crippen LogP contribution in [-0.4, -0.2) is 0 Å². The van der Waals surface area contributed by atoms with E-state index in [-0.39, 0.29) is 0 Å². The zero-order valence-corrected chi connectivity index (χ0v) is 41.9. The van der Waals surface area contributed by atoms with Gasteiger partial charge in [-0.05, 0) is 161 Å². The van der Waals surface area contributed by atoms with Crippen molar-refractivity contribution in [3.05, 3.63) is 320 Å². The first-order chi connectivity index (χ1) is 37.2. The molecule has 0 aromatic heterocycles. The largest absolute Gasteiger partial charge is 0.311 e. The first-order valence-electron chi connectivity index (χ1n) is 26.1. The molecule has 0 spiro atoms. The number of anilines is 9. The number of rotatable bonds is 16. The summed E-state index contributed by atoms with van der Waals surface area (Å²) in [5, 5.41) is 4.82. The maximum Gasteiger partial charge on any atom is 0.0540 e. The smallest absolute Gasteiger partial charge is 0.0540 e. The van der Waals surface area contributed by atoms with E-state index in [0.29, 0.717) is 5.92 Å². The first kappa shape index (κ1) is 46.6. The van der Waals surface area contributed by atoms with Gasteiger partial charge in [0.15, 0.2) is 0 Å². The molecule has 0 amide bonds. The summed E-state index contributed by atoms with van der Waals surface area (Å²) >= 11 is 0. The molecule has 0 saturated carbocycles. The number of fused-ring (bicyclic) bond motifs is 2. The van der Waals surface area contributed by atoms with Crippen molar-refractivity contribution in [3.8, 4) is 11.1 Å². The van der Waals surface area contributed by atoms with E-state index < -0.39 is 0 Å². The molecular weight excluding hydrogens is 907 g/mol. The third-order valence-electron chi connectivity index (χ3n) is 14.6. The van der Waals surface area contributed by atoms with Gasteiger partial charge in [0.05, 0.1) is 11.4 Å². The van der Waals surface area contributed by atoms with Gasteiger partial charge in [0.2, 0.25) is 0 Å². The quantitative estimate of drug-likeness (QED) is 0.0955. The lowest BCUT2D eigenvalue weighted by molar-refractivity contribution is 0.621. The summed E-state index contributed by atoms with van der Waals surface area (Å²) in [7, 11) is 0. The van der Waals surface area contributed by atoms with Gasteiger partial charge in [-0.15, -0.1) is 0 Å². The van der Waals surface area contributed by atoms with Gasteiger partial charge in [-0.3, -0.25) is 0 Å². The minimum Gasteiger partial charge on any atom is -0.311 e. The molecule has 0 aliphatic heterocycles. The molecule has 0 aliphatic carbocycles. The number of hydrogen-bond donors (Lipinski definition) is 0. The van der Waals surface area contributed by atoms with Gasteiger partial charge in [0, 0.05) is 50.6 Å². The van der Waals surface area contributed by atoms with Crippen LogP contribution < -0.4 is 14.7 Å². The summed E-state index contributed by atoms with van der Waals surface area (Å²) < 4.78 is 0. The highest BCUT2D eigenvalue weighted by Gasteiger charge is 2.21. The van der Waals surface area contributed by atoms with Crippen molar-refractivity contribution in [2.75, 3.05) is 14.7 Å². The predicted octanol–water partition coefficient (Wildman–Crippen LogP) is 20.0. The molecule has 0 bridgehead atoms. The standard InChI is InChI=1S/C72H57N3/c1-5-19-54(20-6-1)35-36-61(53-55-21-7-2-8-22-55)58-41-47-67(48-42-58)74(71-33-17-25-59-23-13-15-31-69(59)71)65-43-37-56(38-44-65)57-39-45-66(46-40-57)75(72-34-18-26-60-24-14-16-32-70(60)72)68-51-49-64(50-52-68)73(62-27-9-3-10-28-62)63-29-11-4-12-30-63/h1-34,37-52,61H,35-36,53H2. The predicted molar refractivity (Wildman–Crippen MR) is 319 cm³/mol. The van der Waals surface area contributed by atoms with Crippen molar-refractivity contribution in [1.82, 2.24) is 0 Å². The normalized spacial score (nSPS) is 11.6. The SMILES string of the molecule is c1ccc(CCC(Cc2ccccc2)c2ccc(N(c3ccc(-c4ccc(N(c5ccc(N(c6ccccc6)c6ccccc6)cc5)c5cccc6ccccc56)cc4)cc3)c3cccc4ccccc34)cc2)cc1. The monoisotopic (exact) mass is 963 g/mol. The zero-order valence-electron chi connectivity index (χ0n) is 41.9. The molecule has 12 rings (SSSR count). The molecule has 12 aromatic carbocycles. The molecule has 0 radical (unpaired) electrons. The van der Waals surface area contributed by atoms with E-state index in [9.17, 15) is 0 Å². The minimum atomic E-state index is 0.383. The Bertz CT molecular complexity index is 3720. The van der Waals surface area contributed by atoms with E-state index >= 15 is 0 Å². The van der Waals surface area contributed by atoms with Crippen LogP contribution in [0.15, 0.2) is 303 Å². The Balaban J connectivity index is 0.869.